The van der Waals surface area contributed by atoms with Crippen molar-refractivity contribution in [2.75, 3.05) is 38.9 Å². The van der Waals surface area contributed by atoms with E-state index in [0.717, 1.165) is 5.69 Å². The smallest absolute Gasteiger partial charge is 0.172 e. The van der Waals surface area contributed by atoms with Gasteiger partial charge in [0.2, 0.25) is 0 Å². The Morgan fingerprint density at radius 1 is 1.35 bits per heavy atom. The van der Waals surface area contributed by atoms with Crippen molar-refractivity contribution in [3.05, 3.63) is 29.8 Å². The number of oxime groups is 1. The van der Waals surface area contributed by atoms with Crippen molar-refractivity contribution in [2.24, 2.45) is 10.9 Å². The molecule has 0 amide bonds. The molecule has 1 aromatic rings. The monoisotopic (exact) mass is 281 g/mol. The first-order chi connectivity index (χ1) is 9.65. The molecule has 0 saturated heterocycles. The van der Waals surface area contributed by atoms with Gasteiger partial charge in [0.05, 0.1) is 13.2 Å². The average Bonchev–Trinajstić information content (AvgIpc) is 2.47. The molecular formula is C14H23N3O3. The number of anilines is 1. The summed E-state index contributed by atoms with van der Waals surface area (Å²) in [6.07, 6.45) is 0. The third kappa shape index (κ3) is 4.11. The zero-order chi connectivity index (χ0) is 15.0. The highest BCUT2D eigenvalue weighted by atomic mass is 16.5. The van der Waals surface area contributed by atoms with Crippen LogP contribution in [0.3, 0.4) is 0 Å². The van der Waals surface area contributed by atoms with Gasteiger partial charge in [-0.2, -0.15) is 0 Å². The van der Waals surface area contributed by atoms with E-state index in [4.69, 9.17) is 20.4 Å². The molecule has 0 heterocycles. The predicted molar refractivity (Wildman–Crippen MR) is 79.5 cm³/mol. The summed E-state index contributed by atoms with van der Waals surface area (Å²) < 4.78 is 10.4. The number of ether oxygens (including phenoxy) is 2. The third-order valence-corrected chi connectivity index (χ3v) is 3.07. The average molecular weight is 281 g/mol. The second kappa shape index (κ2) is 8.39. The molecule has 0 saturated carbocycles. The minimum atomic E-state index is 0.0904. The van der Waals surface area contributed by atoms with Crippen molar-refractivity contribution in [2.45, 2.75) is 13.0 Å². The van der Waals surface area contributed by atoms with Gasteiger partial charge in [0.15, 0.2) is 5.84 Å². The van der Waals surface area contributed by atoms with E-state index in [9.17, 15) is 0 Å². The number of methoxy groups -OCH3 is 2. The molecule has 0 aliphatic heterocycles. The molecule has 0 aromatic heterocycles. The van der Waals surface area contributed by atoms with Crippen LogP contribution in [0.2, 0.25) is 0 Å². The van der Waals surface area contributed by atoms with Crippen molar-refractivity contribution < 1.29 is 14.7 Å². The molecule has 20 heavy (non-hydrogen) atoms. The highest BCUT2D eigenvalue weighted by Crippen LogP contribution is 2.22. The number of nitrogens with zero attached hydrogens (tertiary/aromatic N) is 2. The van der Waals surface area contributed by atoms with Crippen LogP contribution in [0.4, 0.5) is 5.69 Å². The fraction of sp³-hybridized carbons (Fsp3) is 0.500. The second-order valence-electron chi connectivity index (χ2n) is 4.49. The van der Waals surface area contributed by atoms with E-state index in [-0.39, 0.29) is 11.9 Å². The van der Waals surface area contributed by atoms with Crippen LogP contribution in [0.5, 0.6) is 0 Å². The van der Waals surface area contributed by atoms with E-state index in [0.29, 0.717) is 25.3 Å². The Kier molecular flexibility index (Phi) is 6.83. The number of amidine groups is 1. The molecular weight excluding hydrogens is 258 g/mol. The SMILES string of the molecule is COCCN(c1ccccc1C(N)=NO)C(C)COC. The van der Waals surface area contributed by atoms with Gasteiger partial charge in [-0.25, -0.2) is 0 Å². The zero-order valence-electron chi connectivity index (χ0n) is 12.2. The molecule has 0 spiro atoms. The van der Waals surface area contributed by atoms with Crippen molar-refractivity contribution in [3.8, 4) is 0 Å². The van der Waals surface area contributed by atoms with E-state index in [2.05, 4.69) is 17.0 Å². The Morgan fingerprint density at radius 2 is 2.05 bits per heavy atom. The van der Waals surface area contributed by atoms with Crippen molar-refractivity contribution in [3.63, 3.8) is 0 Å². The summed E-state index contributed by atoms with van der Waals surface area (Å²) in [6, 6.07) is 7.68. The lowest BCUT2D eigenvalue weighted by atomic mass is 10.1. The lowest BCUT2D eigenvalue weighted by Crippen LogP contribution is -2.40. The Hall–Kier alpha value is -1.79. The first kappa shape index (κ1) is 16.3. The van der Waals surface area contributed by atoms with Gasteiger partial charge in [0.1, 0.15) is 0 Å². The fourth-order valence-electron chi connectivity index (χ4n) is 2.09. The van der Waals surface area contributed by atoms with Gasteiger partial charge in [-0.15, -0.1) is 0 Å². The van der Waals surface area contributed by atoms with E-state index in [1.807, 2.05) is 24.3 Å². The normalized spacial score (nSPS) is 13.2. The van der Waals surface area contributed by atoms with E-state index < -0.39 is 0 Å². The van der Waals surface area contributed by atoms with Gasteiger partial charge in [0.25, 0.3) is 0 Å². The summed E-state index contributed by atoms with van der Waals surface area (Å²) in [4.78, 5) is 2.13. The first-order valence-electron chi connectivity index (χ1n) is 6.47. The Balaban J connectivity index is 3.12. The minimum absolute atomic E-state index is 0.0904. The van der Waals surface area contributed by atoms with Gasteiger partial charge in [0, 0.05) is 38.1 Å². The standard InChI is InChI=1S/C14H23N3O3/c1-11(10-20-3)17(8-9-19-2)13-7-5-4-6-12(13)14(15)16-18/h4-7,11,18H,8-10H2,1-3H3,(H2,15,16). The van der Waals surface area contributed by atoms with Gasteiger partial charge >= 0.3 is 0 Å². The number of nitrogens with two attached hydrogens (primary N) is 1. The molecule has 6 nitrogen and oxygen atoms in total. The molecule has 1 aromatic carbocycles. The minimum Gasteiger partial charge on any atom is -0.409 e. The van der Waals surface area contributed by atoms with Crippen molar-refractivity contribution in [1.82, 2.24) is 0 Å². The number of rotatable bonds is 8. The van der Waals surface area contributed by atoms with Crippen LogP contribution < -0.4 is 10.6 Å². The second-order valence-corrected chi connectivity index (χ2v) is 4.49. The maximum atomic E-state index is 8.91. The van der Waals surface area contributed by atoms with Crippen LogP contribution in [-0.4, -0.2) is 51.1 Å². The van der Waals surface area contributed by atoms with Gasteiger partial charge < -0.3 is 25.3 Å². The van der Waals surface area contributed by atoms with Crippen molar-refractivity contribution >= 4 is 11.5 Å². The van der Waals surface area contributed by atoms with Crippen LogP contribution in [-0.2, 0) is 9.47 Å². The lowest BCUT2D eigenvalue weighted by Gasteiger charge is -2.32. The summed E-state index contributed by atoms with van der Waals surface area (Å²) in [5, 5.41) is 12.0. The highest BCUT2D eigenvalue weighted by molar-refractivity contribution is 6.02. The molecule has 0 fully saturated rings. The lowest BCUT2D eigenvalue weighted by molar-refractivity contribution is 0.171. The van der Waals surface area contributed by atoms with Gasteiger partial charge in [-0.3, -0.25) is 0 Å². The first-order valence-corrected chi connectivity index (χ1v) is 6.47. The fourth-order valence-corrected chi connectivity index (χ4v) is 2.09. The molecule has 0 aliphatic rings. The summed E-state index contributed by atoms with van der Waals surface area (Å²) in [5.74, 6) is 0.0904. The third-order valence-electron chi connectivity index (χ3n) is 3.07. The molecule has 1 unspecified atom stereocenters. The highest BCUT2D eigenvalue weighted by Gasteiger charge is 2.18. The van der Waals surface area contributed by atoms with E-state index in [1.165, 1.54) is 0 Å². The maximum Gasteiger partial charge on any atom is 0.172 e. The molecule has 6 heteroatoms. The number of benzene rings is 1. The molecule has 0 bridgehead atoms. The van der Waals surface area contributed by atoms with E-state index >= 15 is 0 Å². The molecule has 112 valence electrons. The van der Waals surface area contributed by atoms with Crippen LogP contribution in [0.25, 0.3) is 0 Å². The summed E-state index contributed by atoms with van der Waals surface area (Å²) in [7, 11) is 3.33. The summed E-state index contributed by atoms with van der Waals surface area (Å²) in [6.45, 7) is 3.91. The number of hydrogen-bond donors (Lipinski definition) is 2. The largest absolute Gasteiger partial charge is 0.409 e. The molecule has 0 aliphatic carbocycles. The maximum absolute atomic E-state index is 8.91. The predicted octanol–water partition coefficient (Wildman–Crippen LogP) is 1.27. The quantitative estimate of drug-likeness (QED) is 0.324. The topological polar surface area (TPSA) is 80.3 Å². The van der Waals surface area contributed by atoms with E-state index in [1.54, 1.807) is 14.2 Å². The molecule has 1 atom stereocenters. The number of para-hydroxylation sites is 1. The van der Waals surface area contributed by atoms with Crippen molar-refractivity contribution in [1.29, 1.82) is 0 Å². The number of hydrogen-bond acceptors (Lipinski definition) is 5. The van der Waals surface area contributed by atoms with Crippen LogP contribution in [0, 0.1) is 0 Å². The van der Waals surface area contributed by atoms with Crippen LogP contribution in [0.1, 0.15) is 12.5 Å². The van der Waals surface area contributed by atoms with Crippen LogP contribution >= 0.6 is 0 Å². The Labute approximate surface area is 119 Å². The van der Waals surface area contributed by atoms with Gasteiger partial charge in [-0.05, 0) is 19.1 Å². The summed E-state index contributed by atoms with van der Waals surface area (Å²) >= 11 is 0. The molecule has 0 radical (unpaired) electrons. The Bertz CT molecular complexity index is 437. The summed E-state index contributed by atoms with van der Waals surface area (Å²) in [5.41, 5.74) is 7.33. The molecule has 3 N–H and O–H groups in total. The Morgan fingerprint density at radius 3 is 2.65 bits per heavy atom. The zero-order valence-corrected chi connectivity index (χ0v) is 12.2. The van der Waals surface area contributed by atoms with Crippen LogP contribution in [0.15, 0.2) is 29.4 Å². The molecule has 1 rings (SSSR count). The van der Waals surface area contributed by atoms with Gasteiger partial charge in [-0.1, -0.05) is 17.3 Å².